The van der Waals surface area contributed by atoms with Crippen LogP contribution in [0.2, 0.25) is 0 Å². The number of carbonyl (C=O) groups is 2. The van der Waals surface area contributed by atoms with Gasteiger partial charge in [0.2, 0.25) is 5.91 Å². The third kappa shape index (κ3) is 5.18. The van der Waals surface area contributed by atoms with Crippen molar-refractivity contribution in [3.63, 3.8) is 0 Å². The smallest absolute Gasteiger partial charge is 0.258 e. The van der Waals surface area contributed by atoms with Gasteiger partial charge in [0.1, 0.15) is 5.75 Å². The number of nitrogens with one attached hydrogen (secondary N) is 2. The first kappa shape index (κ1) is 16.6. The van der Waals surface area contributed by atoms with E-state index < -0.39 is 0 Å². The number of rotatable bonds is 7. The maximum atomic E-state index is 11.7. The van der Waals surface area contributed by atoms with Gasteiger partial charge in [0.15, 0.2) is 6.61 Å². The van der Waals surface area contributed by atoms with Crippen molar-refractivity contribution in [1.82, 2.24) is 15.2 Å². The second-order valence-electron chi connectivity index (χ2n) is 5.18. The van der Waals surface area contributed by atoms with Crippen molar-refractivity contribution in [3.8, 4) is 5.75 Å². The molecule has 0 aliphatic rings. The highest BCUT2D eigenvalue weighted by atomic mass is 16.5. The van der Waals surface area contributed by atoms with E-state index in [0.29, 0.717) is 12.3 Å². The number of aryl methyl sites for hydroxylation is 1. The number of amides is 2. The molecule has 2 aromatic rings. The lowest BCUT2D eigenvalue weighted by molar-refractivity contribution is -0.127. The Kier molecular flexibility index (Phi) is 5.80. The van der Waals surface area contributed by atoms with Gasteiger partial charge in [-0.1, -0.05) is 18.2 Å². The molecular weight excluding hydrogens is 294 g/mol. The molecule has 0 aliphatic carbocycles. The maximum Gasteiger partial charge on any atom is 0.258 e. The van der Waals surface area contributed by atoms with Gasteiger partial charge in [-0.15, -0.1) is 0 Å². The molecule has 2 amide bonds. The highest BCUT2D eigenvalue weighted by Crippen LogP contribution is 2.07. The van der Waals surface area contributed by atoms with Crippen LogP contribution in [-0.4, -0.2) is 29.5 Å². The molecule has 0 bridgehead atoms. The summed E-state index contributed by atoms with van der Waals surface area (Å²) in [7, 11) is 1.94. The van der Waals surface area contributed by atoms with Crippen molar-refractivity contribution < 1.29 is 14.3 Å². The van der Waals surface area contributed by atoms with Gasteiger partial charge < -0.3 is 19.9 Å². The van der Waals surface area contributed by atoms with Crippen molar-refractivity contribution in [2.24, 2.45) is 7.05 Å². The molecule has 122 valence electrons. The first-order valence-corrected chi connectivity index (χ1v) is 7.38. The molecule has 1 aromatic heterocycles. The van der Waals surface area contributed by atoms with Crippen molar-refractivity contribution >= 4 is 11.8 Å². The van der Waals surface area contributed by atoms with Gasteiger partial charge in [-0.3, -0.25) is 9.59 Å². The Hall–Kier alpha value is -2.76. The Morgan fingerprint density at radius 2 is 1.78 bits per heavy atom. The topological polar surface area (TPSA) is 72.4 Å². The number of hydrogen-bond acceptors (Lipinski definition) is 3. The van der Waals surface area contributed by atoms with Crippen molar-refractivity contribution in [1.29, 1.82) is 0 Å². The summed E-state index contributed by atoms with van der Waals surface area (Å²) >= 11 is 0. The van der Waals surface area contributed by atoms with Gasteiger partial charge in [0.25, 0.3) is 5.91 Å². The molecule has 1 aromatic carbocycles. The third-order valence-electron chi connectivity index (χ3n) is 3.50. The summed E-state index contributed by atoms with van der Waals surface area (Å²) in [4.78, 5) is 23.4. The third-order valence-corrected chi connectivity index (χ3v) is 3.50. The van der Waals surface area contributed by atoms with E-state index >= 15 is 0 Å². The maximum absolute atomic E-state index is 11.7. The van der Waals surface area contributed by atoms with Crippen LogP contribution in [0.3, 0.4) is 0 Å². The molecule has 0 aliphatic heterocycles. The number of ether oxygens (including phenoxy) is 1. The minimum atomic E-state index is -0.335. The molecule has 0 fully saturated rings. The predicted octanol–water partition coefficient (Wildman–Crippen LogP) is 1.14. The molecular formula is C17H21N3O3. The minimum absolute atomic E-state index is 0.0691. The van der Waals surface area contributed by atoms with Crippen LogP contribution in [0, 0.1) is 6.92 Å². The molecule has 2 N–H and O–H groups in total. The Bertz CT molecular complexity index is 665. The lowest BCUT2D eigenvalue weighted by atomic mass is 10.3. The van der Waals surface area contributed by atoms with Crippen molar-refractivity contribution in [3.05, 3.63) is 53.9 Å². The summed E-state index contributed by atoms with van der Waals surface area (Å²) in [5.74, 6) is 0.0433. The Labute approximate surface area is 135 Å². The predicted molar refractivity (Wildman–Crippen MR) is 86.9 cm³/mol. The van der Waals surface area contributed by atoms with E-state index in [4.69, 9.17) is 4.74 Å². The molecule has 0 unspecified atom stereocenters. The normalized spacial score (nSPS) is 10.2. The highest BCUT2D eigenvalue weighted by Gasteiger charge is 2.07. The molecule has 1 heterocycles. The van der Waals surface area contributed by atoms with Crippen LogP contribution in [0.15, 0.2) is 42.5 Å². The average molecular weight is 315 g/mol. The summed E-state index contributed by atoms with van der Waals surface area (Å²) in [6.07, 6.45) is 0. The van der Waals surface area contributed by atoms with E-state index in [9.17, 15) is 9.59 Å². The Morgan fingerprint density at radius 3 is 2.43 bits per heavy atom. The molecule has 0 radical (unpaired) electrons. The SMILES string of the molecule is Cc1ccc(CNC(=O)CNC(=O)COc2ccccc2)n1C. The van der Waals surface area contributed by atoms with Crippen LogP contribution in [0.5, 0.6) is 5.75 Å². The molecule has 23 heavy (non-hydrogen) atoms. The molecule has 0 saturated carbocycles. The molecule has 0 spiro atoms. The molecule has 6 nitrogen and oxygen atoms in total. The zero-order chi connectivity index (χ0) is 16.7. The van der Waals surface area contributed by atoms with Crippen LogP contribution < -0.4 is 15.4 Å². The lowest BCUT2D eigenvalue weighted by Gasteiger charge is -2.09. The zero-order valence-corrected chi connectivity index (χ0v) is 13.3. The fraction of sp³-hybridized carbons (Fsp3) is 0.294. The Balaban J connectivity index is 1.65. The van der Waals surface area contributed by atoms with Gasteiger partial charge in [-0.2, -0.15) is 0 Å². The largest absolute Gasteiger partial charge is 0.484 e. The van der Waals surface area contributed by atoms with E-state index in [1.807, 2.05) is 48.9 Å². The monoisotopic (exact) mass is 315 g/mol. The zero-order valence-electron chi connectivity index (χ0n) is 13.3. The van der Waals surface area contributed by atoms with Crippen LogP contribution in [-0.2, 0) is 23.2 Å². The first-order valence-electron chi connectivity index (χ1n) is 7.38. The summed E-state index contributed by atoms with van der Waals surface area (Å²) in [5, 5.41) is 5.29. The van der Waals surface area contributed by atoms with Gasteiger partial charge in [0.05, 0.1) is 13.1 Å². The van der Waals surface area contributed by atoms with Gasteiger partial charge >= 0.3 is 0 Å². The fourth-order valence-electron chi connectivity index (χ4n) is 1.99. The van der Waals surface area contributed by atoms with E-state index in [1.54, 1.807) is 12.1 Å². The molecule has 6 heteroatoms. The van der Waals surface area contributed by atoms with Crippen LogP contribution in [0.25, 0.3) is 0 Å². The summed E-state index contributed by atoms with van der Waals surface area (Å²) in [6.45, 7) is 2.24. The number of para-hydroxylation sites is 1. The van der Waals surface area contributed by atoms with Crippen LogP contribution in [0.1, 0.15) is 11.4 Å². The number of nitrogens with zero attached hydrogens (tertiary/aromatic N) is 1. The van der Waals surface area contributed by atoms with E-state index in [-0.39, 0.29) is 25.0 Å². The molecule has 0 atom stereocenters. The van der Waals surface area contributed by atoms with Crippen molar-refractivity contribution in [2.75, 3.05) is 13.2 Å². The molecule has 0 saturated heterocycles. The van der Waals surface area contributed by atoms with Crippen molar-refractivity contribution in [2.45, 2.75) is 13.5 Å². The summed E-state index contributed by atoms with van der Waals surface area (Å²) in [6, 6.07) is 13.0. The second-order valence-corrected chi connectivity index (χ2v) is 5.18. The highest BCUT2D eigenvalue weighted by molar-refractivity contribution is 5.85. The van der Waals surface area contributed by atoms with E-state index in [0.717, 1.165) is 11.4 Å². The standard InChI is InChI=1S/C17H21N3O3/c1-13-8-9-14(20(13)2)10-18-16(21)11-19-17(22)12-23-15-6-4-3-5-7-15/h3-9H,10-12H2,1-2H3,(H,18,21)(H,19,22). The molecule has 2 rings (SSSR count). The van der Waals surface area contributed by atoms with Crippen LogP contribution in [0.4, 0.5) is 0 Å². The number of hydrogen-bond donors (Lipinski definition) is 2. The quantitative estimate of drug-likeness (QED) is 0.805. The van der Waals surface area contributed by atoms with Crippen LogP contribution >= 0.6 is 0 Å². The number of benzene rings is 1. The Morgan fingerprint density at radius 1 is 1.04 bits per heavy atom. The van der Waals surface area contributed by atoms with E-state index in [2.05, 4.69) is 10.6 Å². The van der Waals surface area contributed by atoms with E-state index in [1.165, 1.54) is 0 Å². The van der Waals surface area contributed by atoms with Gasteiger partial charge in [-0.25, -0.2) is 0 Å². The number of aromatic nitrogens is 1. The average Bonchev–Trinajstić information content (AvgIpc) is 2.89. The number of carbonyl (C=O) groups excluding carboxylic acids is 2. The minimum Gasteiger partial charge on any atom is -0.484 e. The second kappa shape index (κ2) is 8.03. The summed E-state index contributed by atoms with van der Waals surface area (Å²) < 4.78 is 7.31. The summed E-state index contributed by atoms with van der Waals surface area (Å²) in [5.41, 5.74) is 2.13. The first-order chi connectivity index (χ1) is 11.1. The van der Waals surface area contributed by atoms with Gasteiger partial charge in [0, 0.05) is 18.4 Å². The lowest BCUT2D eigenvalue weighted by Crippen LogP contribution is -2.38. The fourth-order valence-corrected chi connectivity index (χ4v) is 1.99. The van der Waals surface area contributed by atoms with Gasteiger partial charge in [-0.05, 0) is 31.2 Å².